The average Bonchev–Trinajstić information content (AvgIpc) is 2.95. The van der Waals surface area contributed by atoms with Crippen LogP contribution < -0.4 is 0 Å². The molecule has 7 nitrogen and oxygen atoms in total. The third-order valence-corrected chi connectivity index (χ3v) is 4.11. The van der Waals surface area contributed by atoms with Gasteiger partial charge in [0.2, 0.25) is 5.91 Å². The zero-order valence-corrected chi connectivity index (χ0v) is 14.5. The van der Waals surface area contributed by atoms with Gasteiger partial charge in [-0.25, -0.2) is 0 Å². The molecule has 1 N–H and O–H groups in total. The number of amides is 1. The summed E-state index contributed by atoms with van der Waals surface area (Å²) in [6, 6.07) is 2.41. The molecule has 0 aliphatic carbocycles. The van der Waals surface area contributed by atoms with Crippen LogP contribution in [0.25, 0.3) is 0 Å². The van der Waals surface area contributed by atoms with E-state index in [-0.39, 0.29) is 12.0 Å². The van der Waals surface area contributed by atoms with Crippen molar-refractivity contribution in [3.8, 4) is 0 Å². The zero-order valence-electron chi connectivity index (χ0n) is 14.5. The van der Waals surface area contributed by atoms with Crippen molar-refractivity contribution >= 4 is 5.91 Å². The molecule has 1 aliphatic rings. The van der Waals surface area contributed by atoms with Crippen LogP contribution in [-0.4, -0.2) is 71.9 Å². The maximum Gasteiger partial charge on any atom is 0.225 e. The van der Waals surface area contributed by atoms with E-state index in [9.17, 15) is 4.79 Å². The topological polar surface area (TPSA) is 70.7 Å². The number of ether oxygens (including phenoxy) is 2. The van der Waals surface area contributed by atoms with Crippen LogP contribution in [0.15, 0.2) is 6.07 Å². The lowest BCUT2D eigenvalue weighted by Crippen LogP contribution is -2.47. The molecule has 0 spiro atoms. The summed E-state index contributed by atoms with van der Waals surface area (Å²) in [5, 5.41) is 7.08. The predicted octanol–water partition coefficient (Wildman–Crippen LogP) is 1.01. The van der Waals surface area contributed by atoms with Crippen LogP contribution >= 0.6 is 0 Å². The van der Waals surface area contributed by atoms with Crippen molar-refractivity contribution in [2.24, 2.45) is 0 Å². The van der Waals surface area contributed by atoms with E-state index in [1.54, 1.807) is 12.0 Å². The highest BCUT2D eigenvalue weighted by atomic mass is 16.5. The second kappa shape index (κ2) is 8.42. The number of morpholine rings is 1. The van der Waals surface area contributed by atoms with E-state index < -0.39 is 0 Å². The van der Waals surface area contributed by atoms with Crippen molar-refractivity contribution in [1.29, 1.82) is 0 Å². The van der Waals surface area contributed by atoms with Gasteiger partial charge in [-0.2, -0.15) is 5.10 Å². The lowest BCUT2D eigenvalue weighted by atomic mass is 10.1. The zero-order chi connectivity index (χ0) is 16.8. The molecule has 1 atom stereocenters. The predicted molar refractivity (Wildman–Crippen MR) is 86.8 cm³/mol. The molecule has 2 heterocycles. The Labute approximate surface area is 137 Å². The fourth-order valence-corrected chi connectivity index (χ4v) is 2.74. The van der Waals surface area contributed by atoms with E-state index in [2.05, 4.69) is 28.9 Å². The van der Waals surface area contributed by atoms with Crippen LogP contribution in [0.4, 0.5) is 0 Å². The lowest BCUT2D eigenvalue weighted by Gasteiger charge is -2.35. The number of methoxy groups -OCH3 is 1. The SMILES string of the molecule is COCc1cc(CN(C)C(=O)C[C@H]2CN(C(C)C)CCO2)[nH]n1. The Balaban J connectivity index is 1.82. The van der Waals surface area contributed by atoms with Crippen LogP contribution in [0.3, 0.4) is 0 Å². The highest BCUT2D eigenvalue weighted by Gasteiger charge is 2.25. The monoisotopic (exact) mass is 324 g/mol. The molecule has 130 valence electrons. The summed E-state index contributed by atoms with van der Waals surface area (Å²) >= 11 is 0. The summed E-state index contributed by atoms with van der Waals surface area (Å²) in [6.45, 7) is 7.78. The number of hydrogen-bond donors (Lipinski definition) is 1. The van der Waals surface area contributed by atoms with Gasteiger partial charge in [-0.15, -0.1) is 0 Å². The van der Waals surface area contributed by atoms with Gasteiger partial charge in [0.1, 0.15) is 0 Å². The molecular formula is C16H28N4O3. The Morgan fingerprint density at radius 2 is 2.39 bits per heavy atom. The van der Waals surface area contributed by atoms with Crippen molar-refractivity contribution in [3.63, 3.8) is 0 Å². The summed E-state index contributed by atoms with van der Waals surface area (Å²) in [7, 11) is 3.44. The molecule has 0 aromatic carbocycles. The van der Waals surface area contributed by atoms with Gasteiger partial charge < -0.3 is 14.4 Å². The smallest absolute Gasteiger partial charge is 0.225 e. The first-order chi connectivity index (χ1) is 11.0. The minimum Gasteiger partial charge on any atom is -0.378 e. The molecule has 1 saturated heterocycles. The van der Waals surface area contributed by atoms with Crippen LogP contribution in [0.1, 0.15) is 31.7 Å². The third kappa shape index (κ3) is 5.30. The van der Waals surface area contributed by atoms with Crippen molar-refractivity contribution in [2.75, 3.05) is 33.9 Å². The van der Waals surface area contributed by atoms with E-state index in [4.69, 9.17) is 9.47 Å². The van der Waals surface area contributed by atoms with Gasteiger partial charge in [-0.3, -0.25) is 14.8 Å². The maximum atomic E-state index is 12.4. The fraction of sp³-hybridized carbons (Fsp3) is 0.750. The second-order valence-electron chi connectivity index (χ2n) is 6.35. The number of aromatic nitrogens is 2. The highest BCUT2D eigenvalue weighted by molar-refractivity contribution is 5.76. The van der Waals surface area contributed by atoms with Crippen LogP contribution in [0, 0.1) is 0 Å². The van der Waals surface area contributed by atoms with Gasteiger partial charge in [-0.1, -0.05) is 0 Å². The highest BCUT2D eigenvalue weighted by Crippen LogP contribution is 2.13. The fourth-order valence-electron chi connectivity index (χ4n) is 2.74. The molecule has 1 aromatic heterocycles. The summed E-state index contributed by atoms with van der Waals surface area (Å²) in [6.07, 6.45) is 0.394. The molecule has 0 bridgehead atoms. The molecule has 1 aromatic rings. The second-order valence-corrected chi connectivity index (χ2v) is 6.35. The van der Waals surface area contributed by atoms with Crippen molar-refractivity contribution in [1.82, 2.24) is 20.0 Å². The first-order valence-electron chi connectivity index (χ1n) is 8.11. The summed E-state index contributed by atoms with van der Waals surface area (Å²) in [5.41, 5.74) is 1.74. The quantitative estimate of drug-likeness (QED) is 0.811. The minimum atomic E-state index is -0.0214. The first-order valence-corrected chi connectivity index (χ1v) is 8.11. The summed E-state index contributed by atoms with van der Waals surface area (Å²) in [4.78, 5) is 16.5. The standard InChI is InChI=1S/C16H28N4O3/c1-12(2)20-5-6-23-15(10-20)8-16(21)19(3)9-13-7-14(11-22-4)18-17-13/h7,12,15H,5-6,8-11H2,1-4H3,(H,17,18)/t15-/m0/s1. The Bertz CT molecular complexity index is 503. The number of aromatic amines is 1. The van der Waals surface area contributed by atoms with Crippen LogP contribution in [0.2, 0.25) is 0 Å². The van der Waals surface area contributed by atoms with Gasteiger partial charge >= 0.3 is 0 Å². The van der Waals surface area contributed by atoms with E-state index in [1.165, 1.54) is 0 Å². The summed E-state index contributed by atoms with van der Waals surface area (Å²) in [5.74, 6) is 0.0866. The van der Waals surface area contributed by atoms with E-state index in [1.807, 2.05) is 13.1 Å². The molecule has 2 rings (SSSR count). The van der Waals surface area contributed by atoms with E-state index in [0.29, 0.717) is 32.2 Å². The van der Waals surface area contributed by atoms with Crippen molar-refractivity contribution in [3.05, 3.63) is 17.5 Å². The average molecular weight is 324 g/mol. The normalized spacial score (nSPS) is 19.3. The van der Waals surface area contributed by atoms with Crippen molar-refractivity contribution < 1.29 is 14.3 Å². The Hall–Kier alpha value is -1.44. The van der Waals surface area contributed by atoms with Gasteiger partial charge in [0, 0.05) is 33.3 Å². The Morgan fingerprint density at radius 1 is 1.61 bits per heavy atom. The van der Waals surface area contributed by atoms with Gasteiger partial charge in [-0.05, 0) is 19.9 Å². The number of rotatable bonds is 7. The lowest BCUT2D eigenvalue weighted by molar-refractivity contribution is -0.135. The molecule has 1 aliphatic heterocycles. The Morgan fingerprint density at radius 3 is 3.09 bits per heavy atom. The number of carbonyl (C=O) groups is 1. The number of hydrogen-bond acceptors (Lipinski definition) is 5. The number of H-pyrrole nitrogens is 1. The molecule has 7 heteroatoms. The first kappa shape index (κ1) is 17.9. The minimum absolute atomic E-state index is 0.0214. The Kier molecular flexibility index (Phi) is 6.56. The van der Waals surface area contributed by atoms with E-state index >= 15 is 0 Å². The molecule has 0 radical (unpaired) electrons. The number of carbonyl (C=O) groups excluding carboxylic acids is 1. The molecule has 1 amide bonds. The van der Waals surface area contributed by atoms with Gasteiger partial charge in [0.15, 0.2) is 0 Å². The molecular weight excluding hydrogens is 296 g/mol. The van der Waals surface area contributed by atoms with E-state index in [0.717, 1.165) is 24.5 Å². The van der Waals surface area contributed by atoms with Gasteiger partial charge in [0.05, 0.1) is 43.7 Å². The number of nitrogens with one attached hydrogen (secondary N) is 1. The summed E-state index contributed by atoms with van der Waals surface area (Å²) < 4.78 is 10.8. The largest absolute Gasteiger partial charge is 0.378 e. The molecule has 0 unspecified atom stereocenters. The molecule has 23 heavy (non-hydrogen) atoms. The van der Waals surface area contributed by atoms with Gasteiger partial charge in [0.25, 0.3) is 0 Å². The van der Waals surface area contributed by atoms with Crippen molar-refractivity contribution in [2.45, 2.75) is 45.6 Å². The van der Waals surface area contributed by atoms with Crippen LogP contribution in [0.5, 0.6) is 0 Å². The molecule has 0 saturated carbocycles. The number of nitrogens with zero attached hydrogens (tertiary/aromatic N) is 3. The maximum absolute atomic E-state index is 12.4. The third-order valence-electron chi connectivity index (χ3n) is 4.11. The molecule has 1 fully saturated rings. The van der Waals surface area contributed by atoms with Crippen LogP contribution in [-0.2, 0) is 27.4 Å².